The Balaban J connectivity index is 1.48. The molecule has 4 rings (SSSR count). The van der Waals surface area contributed by atoms with Gasteiger partial charge in [0.1, 0.15) is 18.0 Å². The lowest BCUT2D eigenvalue weighted by Crippen LogP contribution is -2.36. The van der Waals surface area contributed by atoms with Crippen LogP contribution in [-0.4, -0.2) is 42.2 Å². The molecular weight excluding hydrogens is 328 g/mol. The third kappa shape index (κ3) is 3.65. The predicted octanol–water partition coefficient (Wildman–Crippen LogP) is 2.65. The van der Waals surface area contributed by atoms with E-state index in [1.54, 1.807) is 0 Å². The van der Waals surface area contributed by atoms with Gasteiger partial charge in [-0.1, -0.05) is 42.5 Å². The molecule has 0 spiro atoms. The molecule has 6 nitrogen and oxygen atoms in total. The van der Waals surface area contributed by atoms with Crippen LogP contribution in [0.3, 0.4) is 0 Å². The fraction of sp³-hybridized carbons (Fsp3) is 0.250. The van der Waals surface area contributed by atoms with Crippen molar-refractivity contribution < 1.29 is 9.53 Å². The molecule has 1 aromatic heterocycles. The highest BCUT2D eigenvalue weighted by atomic mass is 16.5. The SMILES string of the molecule is O=C(Cc1cccc2ccccc12)Nc1cc(N2CCOCC2)ncn1. The number of ether oxygens (including phenoxy) is 1. The molecule has 0 saturated carbocycles. The second-order valence-electron chi connectivity index (χ2n) is 6.22. The van der Waals surface area contributed by atoms with Gasteiger partial charge < -0.3 is 15.0 Å². The molecule has 2 heterocycles. The van der Waals surface area contributed by atoms with Crippen molar-refractivity contribution in [1.82, 2.24) is 9.97 Å². The van der Waals surface area contributed by atoms with Gasteiger partial charge in [0.25, 0.3) is 0 Å². The summed E-state index contributed by atoms with van der Waals surface area (Å²) in [7, 11) is 0. The Bertz CT molecular complexity index is 917. The minimum absolute atomic E-state index is 0.0898. The van der Waals surface area contributed by atoms with E-state index < -0.39 is 0 Å². The van der Waals surface area contributed by atoms with Crippen LogP contribution in [0.2, 0.25) is 0 Å². The number of fused-ring (bicyclic) bond motifs is 1. The molecule has 1 amide bonds. The number of hydrogen-bond donors (Lipinski definition) is 1. The van der Waals surface area contributed by atoms with Crippen LogP contribution in [-0.2, 0) is 16.0 Å². The van der Waals surface area contributed by atoms with Crippen molar-refractivity contribution in [2.45, 2.75) is 6.42 Å². The van der Waals surface area contributed by atoms with Crippen molar-refractivity contribution in [2.24, 2.45) is 0 Å². The molecule has 26 heavy (non-hydrogen) atoms. The van der Waals surface area contributed by atoms with Crippen molar-refractivity contribution in [2.75, 3.05) is 36.5 Å². The molecule has 2 aromatic carbocycles. The van der Waals surface area contributed by atoms with E-state index in [4.69, 9.17) is 4.74 Å². The van der Waals surface area contributed by atoms with Crippen molar-refractivity contribution in [1.29, 1.82) is 0 Å². The number of carbonyl (C=O) groups excluding carboxylic acids is 1. The third-order valence-corrected chi connectivity index (χ3v) is 4.49. The predicted molar refractivity (Wildman–Crippen MR) is 101 cm³/mol. The summed E-state index contributed by atoms with van der Waals surface area (Å²) >= 11 is 0. The molecule has 0 radical (unpaired) electrons. The molecule has 1 N–H and O–H groups in total. The Labute approximate surface area is 151 Å². The summed E-state index contributed by atoms with van der Waals surface area (Å²) in [6, 6.07) is 15.9. The zero-order valence-corrected chi connectivity index (χ0v) is 14.4. The van der Waals surface area contributed by atoms with Gasteiger partial charge in [-0.2, -0.15) is 0 Å². The number of morpholine rings is 1. The summed E-state index contributed by atoms with van der Waals surface area (Å²) in [6.07, 6.45) is 1.79. The van der Waals surface area contributed by atoms with E-state index in [9.17, 15) is 4.79 Å². The number of carbonyl (C=O) groups is 1. The molecule has 0 unspecified atom stereocenters. The van der Waals surface area contributed by atoms with E-state index in [0.717, 1.165) is 35.2 Å². The maximum absolute atomic E-state index is 12.5. The number of anilines is 2. The molecule has 6 heteroatoms. The number of aromatic nitrogens is 2. The minimum Gasteiger partial charge on any atom is -0.378 e. The fourth-order valence-corrected chi connectivity index (χ4v) is 3.19. The fourth-order valence-electron chi connectivity index (χ4n) is 3.19. The number of rotatable bonds is 4. The van der Waals surface area contributed by atoms with Crippen LogP contribution in [0.4, 0.5) is 11.6 Å². The van der Waals surface area contributed by atoms with Crippen LogP contribution in [0, 0.1) is 0 Å². The van der Waals surface area contributed by atoms with Crippen LogP contribution < -0.4 is 10.2 Å². The van der Waals surface area contributed by atoms with Gasteiger partial charge in [-0.15, -0.1) is 0 Å². The first-order valence-corrected chi connectivity index (χ1v) is 8.71. The number of nitrogens with zero attached hydrogens (tertiary/aromatic N) is 3. The maximum atomic E-state index is 12.5. The standard InChI is InChI=1S/C20H20N4O2/c25-20(12-16-6-3-5-15-4-1-2-7-17(15)16)23-18-13-19(22-14-21-18)24-8-10-26-11-9-24/h1-7,13-14H,8-12H2,(H,21,22,23,25). The third-order valence-electron chi connectivity index (χ3n) is 4.49. The summed E-state index contributed by atoms with van der Waals surface area (Å²) in [5.74, 6) is 1.24. The molecule has 0 aliphatic carbocycles. The molecule has 1 aliphatic heterocycles. The first kappa shape index (κ1) is 16.5. The second kappa shape index (κ2) is 7.49. The van der Waals surface area contributed by atoms with Crippen molar-refractivity contribution in [3.8, 4) is 0 Å². The van der Waals surface area contributed by atoms with Crippen molar-refractivity contribution in [3.05, 3.63) is 60.4 Å². The lowest BCUT2D eigenvalue weighted by atomic mass is 10.0. The van der Waals surface area contributed by atoms with E-state index >= 15 is 0 Å². The van der Waals surface area contributed by atoms with Crippen LogP contribution in [0.15, 0.2) is 54.9 Å². The van der Waals surface area contributed by atoms with Crippen LogP contribution in [0.25, 0.3) is 10.8 Å². The molecule has 3 aromatic rings. The van der Waals surface area contributed by atoms with E-state index in [0.29, 0.717) is 25.5 Å². The summed E-state index contributed by atoms with van der Waals surface area (Å²) < 4.78 is 5.36. The number of amides is 1. The van der Waals surface area contributed by atoms with Crippen LogP contribution >= 0.6 is 0 Å². The van der Waals surface area contributed by atoms with Crippen molar-refractivity contribution in [3.63, 3.8) is 0 Å². The van der Waals surface area contributed by atoms with E-state index in [1.807, 2.05) is 36.4 Å². The zero-order valence-electron chi connectivity index (χ0n) is 14.4. The molecule has 1 fully saturated rings. The molecule has 0 bridgehead atoms. The molecular formula is C20H20N4O2. The van der Waals surface area contributed by atoms with E-state index in [2.05, 4.69) is 32.3 Å². The smallest absolute Gasteiger partial charge is 0.229 e. The number of nitrogens with one attached hydrogen (secondary N) is 1. The lowest BCUT2D eigenvalue weighted by molar-refractivity contribution is -0.115. The van der Waals surface area contributed by atoms with Gasteiger partial charge in [0.2, 0.25) is 5.91 Å². The average Bonchev–Trinajstić information content (AvgIpc) is 2.69. The normalized spacial score (nSPS) is 14.4. The molecule has 132 valence electrons. The summed E-state index contributed by atoms with van der Waals surface area (Å²) in [4.78, 5) is 23.1. The highest BCUT2D eigenvalue weighted by Gasteiger charge is 2.14. The van der Waals surface area contributed by atoms with Crippen LogP contribution in [0.5, 0.6) is 0 Å². The van der Waals surface area contributed by atoms with E-state index in [1.165, 1.54) is 6.33 Å². The lowest BCUT2D eigenvalue weighted by Gasteiger charge is -2.27. The first-order chi connectivity index (χ1) is 12.8. The minimum atomic E-state index is -0.0898. The molecule has 1 saturated heterocycles. The Kier molecular flexibility index (Phi) is 4.75. The average molecular weight is 348 g/mol. The van der Waals surface area contributed by atoms with Gasteiger partial charge in [-0.05, 0) is 16.3 Å². The van der Waals surface area contributed by atoms with Crippen LogP contribution in [0.1, 0.15) is 5.56 Å². The van der Waals surface area contributed by atoms with E-state index in [-0.39, 0.29) is 5.91 Å². The Hall–Kier alpha value is -2.99. The number of benzene rings is 2. The monoisotopic (exact) mass is 348 g/mol. The Morgan fingerprint density at radius 1 is 1.08 bits per heavy atom. The summed E-state index contributed by atoms with van der Waals surface area (Å²) in [6.45, 7) is 2.96. The van der Waals surface area contributed by atoms with Gasteiger partial charge in [-0.3, -0.25) is 4.79 Å². The summed E-state index contributed by atoms with van der Waals surface area (Å²) in [5, 5.41) is 5.12. The summed E-state index contributed by atoms with van der Waals surface area (Å²) in [5.41, 5.74) is 1.00. The van der Waals surface area contributed by atoms with Crippen molar-refractivity contribution >= 4 is 28.3 Å². The number of hydrogen-bond acceptors (Lipinski definition) is 5. The van der Waals surface area contributed by atoms with Gasteiger partial charge in [0.15, 0.2) is 0 Å². The molecule has 1 aliphatic rings. The Morgan fingerprint density at radius 3 is 2.77 bits per heavy atom. The largest absolute Gasteiger partial charge is 0.378 e. The van der Waals surface area contributed by atoms with Gasteiger partial charge >= 0.3 is 0 Å². The second-order valence-corrected chi connectivity index (χ2v) is 6.22. The van der Waals surface area contributed by atoms with Gasteiger partial charge in [0, 0.05) is 19.2 Å². The molecule has 0 atom stereocenters. The highest BCUT2D eigenvalue weighted by Crippen LogP contribution is 2.20. The first-order valence-electron chi connectivity index (χ1n) is 8.71. The quantitative estimate of drug-likeness (QED) is 0.785. The maximum Gasteiger partial charge on any atom is 0.229 e. The Morgan fingerprint density at radius 2 is 1.88 bits per heavy atom. The zero-order chi connectivity index (χ0) is 17.8. The van der Waals surface area contributed by atoms with Gasteiger partial charge in [0.05, 0.1) is 19.6 Å². The topological polar surface area (TPSA) is 67.4 Å². The highest BCUT2D eigenvalue weighted by molar-refractivity contribution is 5.95. The van der Waals surface area contributed by atoms with Gasteiger partial charge in [-0.25, -0.2) is 9.97 Å².